The Bertz CT molecular complexity index is 548. The second kappa shape index (κ2) is 8.40. The molecule has 2 aromatic carbocycles. The molecule has 110 valence electrons. The zero-order valence-electron chi connectivity index (χ0n) is 11.8. The van der Waals surface area contributed by atoms with Crippen molar-refractivity contribution in [2.75, 3.05) is 11.9 Å². The SMILES string of the molecule is O=C(NCC(Cc1ccccc1)NP)Nc1ccccc1. The molecule has 2 aromatic rings. The van der Waals surface area contributed by atoms with Crippen LogP contribution in [0.25, 0.3) is 0 Å². The van der Waals surface area contributed by atoms with Crippen molar-refractivity contribution in [2.24, 2.45) is 0 Å². The minimum absolute atomic E-state index is 0.166. The van der Waals surface area contributed by atoms with E-state index in [1.54, 1.807) is 0 Å². The van der Waals surface area contributed by atoms with Crippen molar-refractivity contribution in [1.82, 2.24) is 10.4 Å². The fraction of sp³-hybridized carbons (Fsp3) is 0.188. The topological polar surface area (TPSA) is 53.2 Å². The van der Waals surface area contributed by atoms with Crippen LogP contribution in [0.1, 0.15) is 5.56 Å². The third kappa shape index (κ3) is 5.54. The Balaban J connectivity index is 1.79. The van der Waals surface area contributed by atoms with Gasteiger partial charge < -0.3 is 10.6 Å². The van der Waals surface area contributed by atoms with Gasteiger partial charge in [0.25, 0.3) is 0 Å². The summed E-state index contributed by atoms with van der Waals surface area (Å²) in [5.41, 5.74) is 2.02. The zero-order valence-corrected chi connectivity index (χ0v) is 12.9. The molecule has 0 aliphatic heterocycles. The number of hydrogen-bond acceptors (Lipinski definition) is 2. The number of carbonyl (C=O) groups is 1. The first-order valence-corrected chi connectivity index (χ1v) is 7.45. The molecular weight excluding hydrogens is 281 g/mol. The number of benzene rings is 2. The van der Waals surface area contributed by atoms with Gasteiger partial charge in [-0.1, -0.05) is 57.9 Å². The van der Waals surface area contributed by atoms with Gasteiger partial charge in [-0.05, 0) is 24.1 Å². The van der Waals surface area contributed by atoms with Crippen molar-refractivity contribution in [3.05, 3.63) is 66.2 Å². The largest absolute Gasteiger partial charge is 0.336 e. The molecular formula is C16H20N3OP. The fourth-order valence-corrected chi connectivity index (χ4v) is 2.24. The molecule has 0 aliphatic rings. The summed E-state index contributed by atoms with van der Waals surface area (Å²) in [6, 6.07) is 19.6. The van der Waals surface area contributed by atoms with E-state index in [9.17, 15) is 4.79 Å². The molecule has 4 nitrogen and oxygen atoms in total. The predicted molar refractivity (Wildman–Crippen MR) is 90.2 cm³/mol. The molecule has 21 heavy (non-hydrogen) atoms. The Morgan fingerprint density at radius 3 is 2.24 bits per heavy atom. The van der Waals surface area contributed by atoms with Gasteiger partial charge in [0.15, 0.2) is 0 Å². The molecule has 5 heteroatoms. The molecule has 0 radical (unpaired) electrons. The summed E-state index contributed by atoms with van der Waals surface area (Å²) in [7, 11) is 2.51. The minimum atomic E-state index is -0.195. The second-order valence-electron chi connectivity index (χ2n) is 4.75. The third-order valence-electron chi connectivity index (χ3n) is 3.10. The van der Waals surface area contributed by atoms with E-state index < -0.39 is 0 Å². The molecule has 0 saturated carbocycles. The maximum Gasteiger partial charge on any atom is 0.319 e. The van der Waals surface area contributed by atoms with E-state index in [4.69, 9.17) is 0 Å². The standard InChI is InChI=1S/C16H20N3OP/c20-16(18-14-9-5-2-6-10-14)17-12-15(19-21)11-13-7-3-1-4-8-13/h1-10,15,19H,11-12,21H2,(H2,17,18,20). The Kier molecular flexibility index (Phi) is 6.20. The van der Waals surface area contributed by atoms with E-state index in [1.165, 1.54) is 5.56 Å². The van der Waals surface area contributed by atoms with Crippen molar-refractivity contribution in [3.8, 4) is 0 Å². The van der Waals surface area contributed by atoms with Crippen LogP contribution in [0.2, 0.25) is 0 Å². The van der Waals surface area contributed by atoms with Crippen LogP contribution >= 0.6 is 9.39 Å². The van der Waals surface area contributed by atoms with E-state index >= 15 is 0 Å². The number of carbonyl (C=O) groups excluding carboxylic acids is 1. The Morgan fingerprint density at radius 2 is 1.62 bits per heavy atom. The number of para-hydroxylation sites is 1. The second-order valence-corrected chi connectivity index (χ2v) is 5.09. The maximum atomic E-state index is 11.8. The Hall–Kier alpha value is -1.90. The van der Waals surface area contributed by atoms with E-state index in [-0.39, 0.29) is 12.1 Å². The molecule has 3 N–H and O–H groups in total. The van der Waals surface area contributed by atoms with Gasteiger partial charge in [-0.3, -0.25) is 5.09 Å². The summed E-state index contributed by atoms with van der Waals surface area (Å²) in [5, 5.41) is 8.82. The summed E-state index contributed by atoms with van der Waals surface area (Å²) < 4.78 is 0. The van der Waals surface area contributed by atoms with Crippen LogP contribution in [0.15, 0.2) is 60.7 Å². The average Bonchev–Trinajstić information content (AvgIpc) is 2.53. The molecule has 0 spiro atoms. The molecule has 0 saturated heterocycles. The van der Waals surface area contributed by atoms with Crippen molar-refractivity contribution in [1.29, 1.82) is 0 Å². The summed E-state index contributed by atoms with van der Waals surface area (Å²) in [5.74, 6) is 0. The number of anilines is 1. The van der Waals surface area contributed by atoms with Gasteiger partial charge in [0.2, 0.25) is 0 Å². The lowest BCUT2D eigenvalue weighted by molar-refractivity contribution is 0.251. The molecule has 0 heterocycles. The highest BCUT2D eigenvalue weighted by molar-refractivity contribution is 7.13. The monoisotopic (exact) mass is 301 g/mol. The number of hydrogen-bond donors (Lipinski definition) is 3. The lowest BCUT2D eigenvalue weighted by Crippen LogP contribution is -2.40. The molecule has 0 aliphatic carbocycles. The lowest BCUT2D eigenvalue weighted by atomic mass is 10.1. The smallest absolute Gasteiger partial charge is 0.319 e. The normalized spacial score (nSPS) is 11.7. The van der Waals surface area contributed by atoms with Crippen molar-refractivity contribution < 1.29 is 4.79 Å². The average molecular weight is 301 g/mol. The van der Waals surface area contributed by atoms with Gasteiger partial charge in [-0.25, -0.2) is 4.79 Å². The zero-order chi connectivity index (χ0) is 14.9. The Labute approximate surface area is 127 Å². The van der Waals surface area contributed by atoms with Crippen LogP contribution in [0.5, 0.6) is 0 Å². The number of nitrogens with one attached hydrogen (secondary N) is 3. The first kappa shape index (κ1) is 15.5. The van der Waals surface area contributed by atoms with Crippen LogP contribution in [0.3, 0.4) is 0 Å². The highest BCUT2D eigenvalue weighted by Crippen LogP contribution is 2.05. The van der Waals surface area contributed by atoms with Gasteiger partial charge in [-0.2, -0.15) is 0 Å². The molecule has 0 aromatic heterocycles. The van der Waals surface area contributed by atoms with Gasteiger partial charge in [0.05, 0.1) is 0 Å². The summed E-state index contributed by atoms with van der Waals surface area (Å²) >= 11 is 0. The predicted octanol–water partition coefficient (Wildman–Crippen LogP) is 2.80. The highest BCUT2D eigenvalue weighted by Gasteiger charge is 2.09. The van der Waals surface area contributed by atoms with Crippen LogP contribution in [-0.2, 0) is 6.42 Å². The highest BCUT2D eigenvalue weighted by atomic mass is 31.0. The third-order valence-corrected chi connectivity index (χ3v) is 3.57. The van der Waals surface area contributed by atoms with Crippen LogP contribution in [-0.4, -0.2) is 18.6 Å². The van der Waals surface area contributed by atoms with E-state index in [2.05, 4.69) is 37.2 Å². The maximum absolute atomic E-state index is 11.8. The molecule has 2 atom stereocenters. The minimum Gasteiger partial charge on any atom is -0.336 e. The fourth-order valence-electron chi connectivity index (χ4n) is 2.00. The summed E-state index contributed by atoms with van der Waals surface area (Å²) in [6.07, 6.45) is 0.857. The molecule has 0 fully saturated rings. The van der Waals surface area contributed by atoms with Gasteiger partial charge >= 0.3 is 6.03 Å². The molecule has 2 rings (SSSR count). The van der Waals surface area contributed by atoms with E-state index in [1.807, 2.05) is 48.5 Å². The number of amides is 2. The Morgan fingerprint density at radius 1 is 1.00 bits per heavy atom. The summed E-state index contributed by atoms with van der Waals surface area (Å²) in [4.78, 5) is 11.8. The van der Waals surface area contributed by atoms with Gasteiger partial charge in [0, 0.05) is 18.3 Å². The van der Waals surface area contributed by atoms with E-state index in [0.29, 0.717) is 6.54 Å². The van der Waals surface area contributed by atoms with Crippen molar-refractivity contribution >= 4 is 21.1 Å². The van der Waals surface area contributed by atoms with Gasteiger partial charge in [0.1, 0.15) is 0 Å². The molecule has 0 bridgehead atoms. The van der Waals surface area contributed by atoms with Crippen molar-refractivity contribution in [2.45, 2.75) is 12.5 Å². The quantitative estimate of drug-likeness (QED) is 0.719. The lowest BCUT2D eigenvalue weighted by Gasteiger charge is -2.17. The molecule has 2 amide bonds. The number of urea groups is 1. The summed E-state index contributed by atoms with van der Waals surface area (Å²) in [6.45, 7) is 0.553. The molecule has 2 unspecified atom stereocenters. The first-order valence-electron chi connectivity index (χ1n) is 6.88. The first-order chi connectivity index (χ1) is 10.3. The van der Waals surface area contributed by atoms with Crippen LogP contribution < -0.4 is 15.7 Å². The van der Waals surface area contributed by atoms with Crippen LogP contribution in [0.4, 0.5) is 10.5 Å². The van der Waals surface area contributed by atoms with E-state index in [0.717, 1.165) is 12.1 Å². The van der Waals surface area contributed by atoms with Gasteiger partial charge in [-0.15, -0.1) is 0 Å². The number of rotatable bonds is 6. The van der Waals surface area contributed by atoms with Crippen molar-refractivity contribution in [3.63, 3.8) is 0 Å². The van der Waals surface area contributed by atoms with Crippen LogP contribution in [0, 0.1) is 0 Å².